The average molecular weight is 193 g/mol. The molecular formula is C10H15N3O. The lowest BCUT2D eigenvalue weighted by Crippen LogP contribution is -2.24. The Kier molecular flexibility index (Phi) is 3.79. The number of carbonyl (C=O) groups is 1. The van der Waals surface area contributed by atoms with E-state index in [-0.39, 0.29) is 5.91 Å². The van der Waals surface area contributed by atoms with E-state index in [1.54, 1.807) is 13.2 Å². The molecule has 0 aromatic heterocycles. The Hall–Kier alpha value is -1.71. The van der Waals surface area contributed by atoms with Crippen LogP contribution in [0, 0.1) is 0 Å². The van der Waals surface area contributed by atoms with Crippen LogP contribution < -0.4 is 16.0 Å². The van der Waals surface area contributed by atoms with Gasteiger partial charge in [-0.2, -0.15) is 0 Å². The molecule has 76 valence electrons. The second-order valence-electron chi connectivity index (χ2n) is 2.99. The zero-order valence-electron chi connectivity index (χ0n) is 8.42. The maximum atomic E-state index is 11.4. The third-order valence-electron chi connectivity index (χ3n) is 1.80. The maximum absolute atomic E-state index is 11.4. The lowest BCUT2D eigenvalue weighted by atomic mass is 10.1. The summed E-state index contributed by atoms with van der Waals surface area (Å²) in [4.78, 5) is 11.4. The average Bonchev–Trinajstić information content (AvgIpc) is 2.29. The summed E-state index contributed by atoms with van der Waals surface area (Å²) in [5, 5.41) is 8.60. The van der Waals surface area contributed by atoms with E-state index in [0.717, 1.165) is 5.57 Å². The standard InChI is InChI=1S/C10H15N3O/c1-8-3-4-12-7-13-6-9(5-8)10(14)11-2/h3-6,12-13H,7H2,1-2H3,(H,11,14)/b4-3-,8-5+,9-6+. The number of hydrogen-bond donors (Lipinski definition) is 3. The first-order valence-corrected chi connectivity index (χ1v) is 4.48. The van der Waals surface area contributed by atoms with E-state index in [9.17, 15) is 4.79 Å². The number of nitrogens with one attached hydrogen (secondary N) is 3. The van der Waals surface area contributed by atoms with Crippen molar-refractivity contribution >= 4 is 5.91 Å². The largest absolute Gasteiger partial charge is 0.374 e. The molecule has 0 aromatic rings. The molecule has 1 amide bonds. The highest BCUT2D eigenvalue weighted by Gasteiger charge is 2.04. The molecule has 0 fully saturated rings. The van der Waals surface area contributed by atoms with Crippen LogP contribution in [0.4, 0.5) is 0 Å². The smallest absolute Gasteiger partial charge is 0.252 e. The minimum atomic E-state index is -0.0906. The van der Waals surface area contributed by atoms with Crippen molar-refractivity contribution in [3.8, 4) is 0 Å². The van der Waals surface area contributed by atoms with E-state index in [1.165, 1.54) is 0 Å². The van der Waals surface area contributed by atoms with Crippen LogP contribution >= 0.6 is 0 Å². The first-order valence-electron chi connectivity index (χ1n) is 4.48. The fourth-order valence-electron chi connectivity index (χ4n) is 1.08. The van der Waals surface area contributed by atoms with Crippen molar-refractivity contribution in [2.75, 3.05) is 13.7 Å². The molecule has 0 spiro atoms. The molecule has 1 aliphatic rings. The number of allylic oxidation sites excluding steroid dienone is 2. The van der Waals surface area contributed by atoms with Crippen molar-refractivity contribution in [2.45, 2.75) is 6.92 Å². The summed E-state index contributed by atoms with van der Waals surface area (Å²) < 4.78 is 0. The van der Waals surface area contributed by atoms with E-state index in [0.29, 0.717) is 12.2 Å². The van der Waals surface area contributed by atoms with Crippen molar-refractivity contribution in [3.05, 3.63) is 35.7 Å². The van der Waals surface area contributed by atoms with Gasteiger partial charge in [0.15, 0.2) is 0 Å². The van der Waals surface area contributed by atoms with Crippen molar-refractivity contribution in [2.24, 2.45) is 0 Å². The summed E-state index contributed by atoms with van der Waals surface area (Å²) in [6, 6.07) is 0. The number of likely N-dealkylation sites (N-methyl/N-ethyl adjacent to an activating group) is 1. The van der Waals surface area contributed by atoms with Gasteiger partial charge in [-0.3, -0.25) is 4.79 Å². The fourth-order valence-corrected chi connectivity index (χ4v) is 1.08. The van der Waals surface area contributed by atoms with Gasteiger partial charge in [-0.15, -0.1) is 0 Å². The Balaban J connectivity index is 2.88. The third-order valence-corrected chi connectivity index (χ3v) is 1.80. The Morgan fingerprint density at radius 3 is 3.00 bits per heavy atom. The Morgan fingerprint density at radius 2 is 2.29 bits per heavy atom. The molecule has 3 N–H and O–H groups in total. The molecule has 0 radical (unpaired) electrons. The van der Waals surface area contributed by atoms with Gasteiger partial charge in [-0.1, -0.05) is 0 Å². The molecule has 1 heterocycles. The highest BCUT2D eigenvalue weighted by Crippen LogP contribution is 2.03. The van der Waals surface area contributed by atoms with Crippen LogP contribution in [0.5, 0.6) is 0 Å². The highest BCUT2D eigenvalue weighted by atomic mass is 16.1. The minimum absolute atomic E-state index is 0.0906. The maximum Gasteiger partial charge on any atom is 0.252 e. The van der Waals surface area contributed by atoms with Crippen LogP contribution in [0.25, 0.3) is 0 Å². The van der Waals surface area contributed by atoms with E-state index < -0.39 is 0 Å². The molecule has 0 saturated heterocycles. The molecule has 0 aromatic carbocycles. The Morgan fingerprint density at radius 1 is 1.50 bits per heavy atom. The molecule has 0 unspecified atom stereocenters. The molecule has 4 heteroatoms. The van der Waals surface area contributed by atoms with Gasteiger partial charge in [0.2, 0.25) is 0 Å². The number of hydrogen-bond acceptors (Lipinski definition) is 3. The quantitative estimate of drug-likeness (QED) is 0.558. The lowest BCUT2D eigenvalue weighted by Gasteiger charge is -2.02. The van der Waals surface area contributed by atoms with Crippen LogP contribution in [0.1, 0.15) is 6.92 Å². The number of amides is 1. The normalized spacial score (nSPS) is 25.9. The topological polar surface area (TPSA) is 53.2 Å². The number of rotatable bonds is 1. The van der Waals surface area contributed by atoms with Gasteiger partial charge in [0.25, 0.3) is 5.91 Å². The molecule has 4 nitrogen and oxygen atoms in total. The second-order valence-corrected chi connectivity index (χ2v) is 2.99. The van der Waals surface area contributed by atoms with Crippen molar-refractivity contribution < 1.29 is 4.79 Å². The van der Waals surface area contributed by atoms with Gasteiger partial charge < -0.3 is 16.0 Å². The zero-order chi connectivity index (χ0) is 10.4. The summed E-state index contributed by atoms with van der Waals surface area (Å²) in [6.07, 6.45) is 7.29. The third kappa shape index (κ3) is 2.97. The summed E-state index contributed by atoms with van der Waals surface area (Å²) in [5.41, 5.74) is 1.65. The monoisotopic (exact) mass is 193 g/mol. The van der Waals surface area contributed by atoms with E-state index in [1.807, 2.05) is 25.3 Å². The van der Waals surface area contributed by atoms with Crippen molar-refractivity contribution in [1.29, 1.82) is 0 Å². The molecule has 0 atom stereocenters. The molecule has 14 heavy (non-hydrogen) atoms. The minimum Gasteiger partial charge on any atom is -0.374 e. The molecular weight excluding hydrogens is 178 g/mol. The van der Waals surface area contributed by atoms with Crippen LogP contribution in [0.2, 0.25) is 0 Å². The zero-order valence-corrected chi connectivity index (χ0v) is 8.42. The summed E-state index contributed by atoms with van der Waals surface area (Å²) >= 11 is 0. The Bertz CT molecular complexity index is 302. The van der Waals surface area contributed by atoms with E-state index in [4.69, 9.17) is 0 Å². The number of carbonyl (C=O) groups excluding carboxylic acids is 1. The van der Waals surface area contributed by atoms with Crippen LogP contribution in [0.15, 0.2) is 35.7 Å². The molecule has 0 saturated carbocycles. The summed E-state index contributed by atoms with van der Waals surface area (Å²) in [6.45, 7) is 2.55. The second kappa shape index (κ2) is 5.11. The van der Waals surface area contributed by atoms with Gasteiger partial charge in [-0.25, -0.2) is 0 Å². The van der Waals surface area contributed by atoms with Gasteiger partial charge >= 0.3 is 0 Å². The lowest BCUT2D eigenvalue weighted by molar-refractivity contribution is -0.116. The van der Waals surface area contributed by atoms with Gasteiger partial charge in [0.1, 0.15) is 0 Å². The van der Waals surface area contributed by atoms with Crippen molar-refractivity contribution in [1.82, 2.24) is 16.0 Å². The van der Waals surface area contributed by atoms with E-state index in [2.05, 4.69) is 16.0 Å². The first-order chi connectivity index (χ1) is 6.74. The predicted octanol–water partition coefficient (Wildman–Crippen LogP) is 0.227. The molecule has 0 aliphatic carbocycles. The first kappa shape index (κ1) is 10.4. The van der Waals surface area contributed by atoms with Crippen LogP contribution in [0.3, 0.4) is 0 Å². The van der Waals surface area contributed by atoms with Gasteiger partial charge in [-0.05, 0) is 30.8 Å². The van der Waals surface area contributed by atoms with Gasteiger partial charge in [0.05, 0.1) is 12.2 Å². The Labute approximate surface area is 83.8 Å². The highest BCUT2D eigenvalue weighted by molar-refractivity contribution is 5.96. The SMILES string of the molecule is CNC(=O)C1=C\NCN\C=C/C(C)=C/1. The fraction of sp³-hybridized carbons (Fsp3) is 0.300. The van der Waals surface area contributed by atoms with Gasteiger partial charge in [0, 0.05) is 13.2 Å². The summed E-state index contributed by atoms with van der Waals surface area (Å²) in [7, 11) is 1.62. The van der Waals surface area contributed by atoms with Crippen molar-refractivity contribution in [3.63, 3.8) is 0 Å². The predicted molar refractivity (Wildman–Crippen MR) is 56.2 cm³/mol. The van der Waals surface area contributed by atoms with Crippen LogP contribution in [-0.4, -0.2) is 19.6 Å². The molecule has 1 rings (SSSR count). The molecule has 0 bridgehead atoms. The molecule has 1 aliphatic heterocycles. The van der Waals surface area contributed by atoms with Crippen LogP contribution in [-0.2, 0) is 4.79 Å². The van der Waals surface area contributed by atoms with E-state index >= 15 is 0 Å². The summed E-state index contributed by atoms with van der Waals surface area (Å²) in [5.74, 6) is -0.0906.